The normalized spacial score (nSPS) is 10.8. The summed E-state index contributed by atoms with van der Waals surface area (Å²) in [7, 11) is 0. The molecule has 4 nitrogen and oxygen atoms in total. The first-order valence-electron chi connectivity index (χ1n) is 6.71. The van der Waals surface area contributed by atoms with E-state index in [2.05, 4.69) is 29.4 Å². The zero-order chi connectivity index (χ0) is 14.5. The molecule has 1 N–H and O–H groups in total. The third-order valence-corrected chi connectivity index (χ3v) is 3.77. The van der Waals surface area contributed by atoms with E-state index in [4.69, 9.17) is 0 Å². The van der Waals surface area contributed by atoms with Gasteiger partial charge >= 0.3 is 0 Å². The summed E-state index contributed by atoms with van der Waals surface area (Å²) in [5.74, 6) is 0.491. The van der Waals surface area contributed by atoms with Crippen LogP contribution < -0.4 is 5.32 Å². The molecule has 0 radical (unpaired) electrons. The standard InChI is InChI=1S/C15H19N3OS/c1-10(2)8-14-17-18-15(20-14)16-13(19)9-12-7-5-4-6-11(12)3/h4-7,10H,8-9H2,1-3H3,(H,16,18,19). The molecule has 0 aliphatic rings. The topological polar surface area (TPSA) is 54.9 Å². The van der Waals surface area contributed by atoms with Crippen molar-refractivity contribution >= 4 is 22.4 Å². The lowest BCUT2D eigenvalue weighted by Crippen LogP contribution is -2.14. The first kappa shape index (κ1) is 14.7. The lowest BCUT2D eigenvalue weighted by Gasteiger charge is -2.04. The average Bonchev–Trinajstić information content (AvgIpc) is 2.78. The second kappa shape index (κ2) is 6.61. The third kappa shape index (κ3) is 4.13. The number of nitrogens with one attached hydrogen (secondary N) is 1. The second-order valence-corrected chi connectivity index (χ2v) is 6.31. The summed E-state index contributed by atoms with van der Waals surface area (Å²) >= 11 is 1.45. The van der Waals surface area contributed by atoms with Gasteiger partial charge in [-0.25, -0.2) is 0 Å². The quantitative estimate of drug-likeness (QED) is 0.919. The number of carbonyl (C=O) groups is 1. The Balaban J connectivity index is 1.95. The number of aromatic nitrogens is 2. The minimum Gasteiger partial charge on any atom is -0.300 e. The molecule has 5 heteroatoms. The zero-order valence-corrected chi connectivity index (χ0v) is 12.8. The van der Waals surface area contributed by atoms with Crippen LogP contribution in [0.4, 0.5) is 5.13 Å². The Morgan fingerprint density at radius 2 is 2.05 bits per heavy atom. The number of anilines is 1. The second-order valence-electron chi connectivity index (χ2n) is 5.25. The Bertz CT molecular complexity index is 592. The van der Waals surface area contributed by atoms with E-state index < -0.39 is 0 Å². The highest BCUT2D eigenvalue weighted by molar-refractivity contribution is 7.15. The molecule has 1 heterocycles. The molecule has 0 saturated heterocycles. The summed E-state index contributed by atoms with van der Waals surface area (Å²) in [4.78, 5) is 12.0. The molecule has 1 aromatic heterocycles. The fourth-order valence-corrected chi connectivity index (χ4v) is 2.85. The number of nitrogens with zero attached hydrogens (tertiary/aromatic N) is 2. The van der Waals surface area contributed by atoms with Crippen LogP contribution in [0.1, 0.15) is 30.0 Å². The lowest BCUT2D eigenvalue weighted by molar-refractivity contribution is -0.115. The molecule has 0 atom stereocenters. The van der Waals surface area contributed by atoms with E-state index >= 15 is 0 Å². The molecule has 0 aliphatic heterocycles. The molecule has 0 saturated carbocycles. The molecule has 0 bridgehead atoms. The fourth-order valence-electron chi connectivity index (χ4n) is 1.88. The van der Waals surface area contributed by atoms with Gasteiger partial charge in [-0.2, -0.15) is 0 Å². The van der Waals surface area contributed by atoms with E-state index in [1.807, 2.05) is 31.2 Å². The number of rotatable bonds is 5. The number of amides is 1. The van der Waals surface area contributed by atoms with E-state index in [0.29, 0.717) is 17.5 Å². The van der Waals surface area contributed by atoms with Crippen molar-refractivity contribution in [3.05, 3.63) is 40.4 Å². The van der Waals surface area contributed by atoms with Crippen molar-refractivity contribution in [1.82, 2.24) is 10.2 Å². The van der Waals surface area contributed by atoms with E-state index in [0.717, 1.165) is 22.6 Å². The fraction of sp³-hybridized carbons (Fsp3) is 0.400. The van der Waals surface area contributed by atoms with Gasteiger partial charge in [-0.15, -0.1) is 10.2 Å². The maximum absolute atomic E-state index is 12.0. The smallest absolute Gasteiger partial charge is 0.230 e. The molecular formula is C15H19N3OS. The predicted molar refractivity (Wildman–Crippen MR) is 82.0 cm³/mol. The molecule has 0 fully saturated rings. The van der Waals surface area contributed by atoms with E-state index in [1.165, 1.54) is 11.3 Å². The summed E-state index contributed by atoms with van der Waals surface area (Å²) in [6.45, 7) is 6.28. The van der Waals surface area contributed by atoms with Gasteiger partial charge in [-0.3, -0.25) is 4.79 Å². The maximum atomic E-state index is 12.0. The minimum absolute atomic E-state index is 0.0495. The molecule has 1 aromatic carbocycles. The first-order valence-corrected chi connectivity index (χ1v) is 7.53. The van der Waals surface area contributed by atoms with Crippen LogP contribution in [0.2, 0.25) is 0 Å². The summed E-state index contributed by atoms with van der Waals surface area (Å²) in [5, 5.41) is 12.5. The van der Waals surface area contributed by atoms with Gasteiger partial charge in [0.1, 0.15) is 5.01 Å². The van der Waals surface area contributed by atoms with Gasteiger partial charge in [0.05, 0.1) is 6.42 Å². The third-order valence-electron chi connectivity index (χ3n) is 2.91. The Labute approximate surface area is 123 Å². The highest BCUT2D eigenvalue weighted by atomic mass is 32.1. The molecule has 0 unspecified atom stereocenters. The van der Waals surface area contributed by atoms with Gasteiger partial charge in [0.25, 0.3) is 0 Å². The van der Waals surface area contributed by atoms with Crippen LogP contribution in [0.25, 0.3) is 0 Å². The van der Waals surface area contributed by atoms with Crippen molar-refractivity contribution in [2.45, 2.75) is 33.6 Å². The first-order chi connectivity index (χ1) is 9.54. The van der Waals surface area contributed by atoms with E-state index in [-0.39, 0.29) is 5.91 Å². The highest BCUT2D eigenvalue weighted by Gasteiger charge is 2.10. The summed E-state index contributed by atoms with van der Waals surface area (Å²) < 4.78 is 0. The molecule has 1 amide bonds. The number of benzene rings is 1. The van der Waals surface area contributed by atoms with E-state index in [9.17, 15) is 4.79 Å². The molecule has 0 aliphatic carbocycles. The molecule has 2 aromatic rings. The van der Waals surface area contributed by atoms with Crippen molar-refractivity contribution in [2.24, 2.45) is 5.92 Å². The maximum Gasteiger partial charge on any atom is 0.230 e. The largest absolute Gasteiger partial charge is 0.300 e. The summed E-state index contributed by atoms with van der Waals surface area (Å²) in [5.41, 5.74) is 2.16. The molecule has 106 valence electrons. The average molecular weight is 289 g/mol. The number of carbonyl (C=O) groups excluding carboxylic acids is 1. The number of hydrogen-bond donors (Lipinski definition) is 1. The van der Waals surface area contributed by atoms with Crippen LogP contribution in [0.3, 0.4) is 0 Å². The number of aryl methyl sites for hydroxylation is 1. The van der Waals surface area contributed by atoms with Crippen LogP contribution in [0, 0.1) is 12.8 Å². The van der Waals surface area contributed by atoms with Gasteiger partial charge in [-0.1, -0.05) is 49.4 Å². The Morgan fingerprint density at radius 3 is 2.75 bits per heavy atom. The minimum atomic E-state index is -0.0495. The zero-order valence-electron chi connectivity index (χ0n) is 12.0. The Morgan fingerprint density at radius 1 is 1.30 bits per heavy atom. The molecular weight excluding hydrogens is 270 g/mol. The van der Waals surface area contributed by atoms with Gasteiger partial charge < -0.3 is 5.32 Å². The van der Waals surface area contributed by atoms with E-state index in [1.54, 1.807) is 0 Å². The van der Waals surface area contributed by atoms with Crippen molar-refractivity contribution in [2.75, 3.05) is 5.32 Å². The Kier molecular flexibility index (Phi) is 4.84. The van der Waals surface area contributed by atoms with Crippen LogP contribution in [0.5, 0.6) is 0 Å². The van der Waals surface area contributed by atoms with Crippen molar-refractivity contribution in [3.8, 4) is 0 Å². The van der Waals surface area contributed by atoms with Crippen LogP contribution in [-0.2, 0) is 17.6 Å². The summed E-state index contributed by atoms with van der Waals surface area (Å²) in [6, 6.07) is 7.90. The van der Waals surface area contributed by atoms with Gasteiger partial charge in [0.15, 0.2) is 0 Å². The van der Waals surface area contributed by atoms with Crippen LogP contribution in [0.15, 0.2) is 24.3 Å². The van der Waals surface area contributed by atoms with Crippen molar-refractivity contribution in [1.29, 1.82) is 0 Å². The summed E-state index contributed by atoms with van der Waals surface area (Å²) in [6.07, 6.45) is 1.26. The molecule has 0 spiro atoms. The van der Waals surface area contributed by atoms with Crippen molar-refractivity contribution < 1.29 is 4.79 Å². The molecule has 2 rings (SSSR count). The van der Waals surface area contributed by atoms with Gasteiger partial charge in [-0.05, 0) is 24.0 Å². The van der Waals surface area contributed by atoms with Gasteiger partial charge in [0, 0.05) is 6.42 Å². The SMILES string of the molecule is Cc1ccccc1CC(=O)Nc1nnc(CC(C)C)s1. The number of hydrogen-bond acceptors (Lipinski definition) is 4. The van der Waals surface area contributed by atoms with Crippen LogP contribution in [-0.4, -0.2) is 16.1 Å². The monoisotopic (exact) mass is 289 g/mol. The lowest BCUT2D eigenvalue weighted by atomic mass is 10.1. The highest BCUT2D eigenvalue weighted by Crippen LogP contribution is 2.18. The predicted octanol–water partition coefficient (Wildman–Crippen LogP) is 3.23. The molecule has 20 heavy (non-hydrogen) atoms. The van der Waals surface area contributed by atoms with Crippen molar-refractivity contribution in [3.63, 3.8) is 0 Å². The Hall–Kier alpha value is -1.75. The van der Waals surface area contributed by atoms with Crippen LogP contribution >= 0.6 is 11.3 Å². The van der Waals surface area contributed by atoms with Gasteiger partial charge in [0.2, 0.25) is 11.0 Å².